The van der Waals surface area contributed by atoms with Crippen LogP contribution in [0.15, 0.2) is 29.6 Å². The van der Waals surface area contributed by atoms with E-state index in [1.165, 1.54) is 10.6 Å². The van der Waals surface area contributed by atoms with Gasteiger partial charge in [-0.25, -0.2) is 4.98 Å². The quantitative estimate of drug-likeness (QED) is 0.811. The maximum atomic E-state index is 6.30. The van der Waals surface area contributed by atoms with Crippen LogP contribution in [0, 0.1) is 12.8 Å². The number of aromatic nitrogens is 1. The predicted octanol–water partition coefficient (Wildman–Crippen LogP) is 4.50. The Morgan fingerprint density at radius 1 is 1.24 bits per heavy atom. The Balaban J connectivity index is 2.06. The number of nitrogens with zero attached hydrogens (tertiary/aromatic N) is 1. The molecule has 0 amide bonds. The number of rotatable bonds is 7. The van der Waals surface area contributed by atoms with E-state index in [-0.39, 0.29) is 0 Å². The van der Waals surface area contributed by atoms with E-state index in [2.05, 4.69) is 48.6 Å². The number of halogens is 1. The van der Waals surface area contributed by atoms with Crippen LogP contribution in [0.1, 0.15) is 30.1 Å². The van der Waals surface area contributed by atoms with Gasteiger partial charge in [-0.15, -0.1) is 11.3 Å². The van der Waals surface area contributed by atoms with Crippen LogP contribution in [0.25, 0.3) is 0 Å². The molecule has 2 aromatic rings. The molecule has 1 aromatic heterocycles. The molecule has 0 fully saturated rings. The summed E-state index contributed by atoms with van der Waals surface area (Å²) in [6.45, 7) is 7.40. The van der Waals surface area contributed by atoms with Crippen LogP contribution < -0.4 is 5.32 Å². The molecule has 0 spiro atoms. The minimum Gasteiger partial charge on any atom is -0.314 e. The average Bonchev–Trinajstić information content (AvgIpc) is 2.84. The summed E-state index contributed by atoms with van der Waals surface area (Å²) in [5, 5.41) is 7.75. The molecule has 0 saturated carbocycles. The summed E-state index contributed by atoms with van der Waals surface area (Å²) >= 11 is 8.06. The van der Waals surface area contributed by atoms with Gasteiger partial charge in [-0.3, -0.25) is 0 Å². The van der Waals surface area contributed by atoms with Gasteiger partial charge in [0.05, 0.1) is 5.01 Å². The fraction of sp³-hybridized carbons (Fsp3) is 0.471. The zero-order valence-corrected chi connectivity index (χ0v) is 14.5. The van der Waals surface area contributed by atoms with Crippen LogP contribution >= 0.6 is 22.9 Å². The maximum absolute atomic E-state index is 6.30. The van der Waals surface area contributed by atoms with E-state index in [0.29, 0.717) is 12.0 Å². The number of hydrogen-bond donors (Lipinski definition) is 1. The van der Waals surface area contributed by atoms with Crippen molar-refractivity contribution in [2.24, 2.45) is 5.92 Å². The van der Waals surface area contributed by atoms with E-state index < -0.39 is 0 Å². The molecule has 0 aliphatic rings. The molecule has 1 N–H and O–H groups in total. The van der Waals surface area contributed by atoms with Crippen molar-refractivity contribution in [1.82, 2.24) is 10.3 Å². The van der Waals surface area contributed by atoms with Crippen LogP contribution in [0.2, 0.25) is 5.02 Å². The van der Waals surface area contributed by atoms with Crippen LogP contribution in [-0.4, -0.2) is 17.6 Å². The summed E-state index contributed by atoms with van der Waals surface area (Å²) in [6.07, 6.45) is 1.99. The highest BCUT2D eigenvalue weighted by molar-refractivity contribution is 7.09. The summed E-state index contributed by atoms with van der Waals surface area (Å²) in [4.78, 5) is 4.60. The first kappa shape index (κ1) is 16.5. The molecular formula is C17H23ClN2S. The Kier molecular flexibility index (Phi) is 6.22. The number of aryl methyl sites for hydroxylation is 1. The van der Waals surface area contributed by atoms with Crippen LogP contribution in [0.3, 0.4) is 0 Å². The molecular weight excluding hydrogens is 300 g/mol. The van der Waals surface area contributed by atoms with Gasteiger partial charge in [0.2, 0.25) is 0 Å². The standard InChI is InChI=1S/C17H23ClN2S/c1-12(2)19-10-14(9-17-20-13(3)11-21-17)8-15-6-4-5-7-16(15)18/h4-7,11-12,14,19H,8-10H2,1-3H3. The second-order valence-corrected chi connectivity index (χ2v) is 7.16. The van der Waals surface area contributed by atoms with Crippen molar-refractivity contribution in [3.05, 3.63) is 50.9 Å². The van der Waals surface area contributed by atoms with Gasteiger partial charge in [0.1, 0.15) is 0 Å². The summed E-state index contributed by atoms with van der Waals surface area (Å²) < 4.78 is 0. The summed E-state index contributed by atoms with van der Waals surface area (Å²) in [5.74, 6) is 0.512. The SMILES string of the molecule is Cc1csc(CC(CNC(C)C)Cc2ccccc2Cl)n1. The maximum Gasteiger partial charge on any atom is 0.0931 e. The van der Waals surface area contributed by atoms with Crippen molar-refractivity contribution in [2.45, 2.75) is 39.7 Å². The average molecular weight is 323 g/mol. The van der Waals surface area contributed by atoms with E-state index in [9.17, 15) is 0 Å². The Hall–Kier alpha value is -0.900. The van der Waals surface area contributed by atoms with Gasteiger partial charge in [-0.1, -0.05) is 43.6 Å². The van der Waals surface area contributed by atoms with Gasteiger partial charge < -0.3 is 5.32 Å². The molecule has 0 radical (unpaired) electrons. The lowest BCUT2D eigenvalue weighted by Crippen LogP contribution is -2.31. The van der Waals surface area contributed by atoms with Gasteiger partial charge in [0.25, 0.3) is 0 Å². The highest BCUT2D eigenvalue weighted by Crippen LogP contribution is 2.22. The van der Waals surface area contributed by atoms with Crippen molar-refractivity contribution in [3.63, 3.8) is 0 Å². The monoisotopic (exact) mass is 322 g/mol. The van der Waals surface area contributed by atoms with Gasteiger partial charge in [-0.05, 0) is 37.4 Å². The first-order chi connectivity index (χ1) is 10.0. The van der Waals surface area contributed by atoms with E-state index in [1.807, 2.05) is 12.1 Å². The van der Waals surface area contributed by atoms with Crippen molar-refractivity contribution >= 4 is 22.9 Å². The predicted molar refractivity (Wildman–Crippen MR) is 92.3 cm³/mol. The van der Waals surface area contributed by atoms with Gasteiger partial charge in [0, 0.05) is 28.6 Å². The molecule has 4 heteroatoms. The van der Waals surface area contributed by atoms with Gasteiger partial charge >= 0.3 is 0 Å². The molecule has 1 atom stereocenters. The highest BCUT2D eigenvalue weighted by Gasteiger charge is 2.15. The fourth-order valence-corrected chi connectivity index (χ4v) is 3.44. The van der Waals surface area contributed by atoms with E-state index in [4.69, 9.17) is 11.6 Å². The highest BCUT2D eigenvalue weighted by atomic mass is 35.5. The van der Waals surface area contributed by atoms with Gasteiger partial charge in [0.15, 0.2) is 0 Å². The van der Waals surface area contributed by atoms with Crippen molar-refractivity contribution in [1.29, 1.82) is 0 Å². The molecule has 0 aliphatic carbocycles. The Morgan fingerprint density at radius 2 is 2.00 bits per heavy atom. The number of thiazole rings is 1. The molecule has 0 aliphatic heterocycles. The molecule has 1 heterocycles. The van der Waals surface area contributed by atoms with Crippen molar-refractivity contribution in [2.75, 3.05) is 6.54 Å². The Morgan fingerprint density at radius 3 is 2.62 bits per heavy atom. The smallest absolute Gasteiger partial charge is 0.0931 e. The van der Waals surface area contributed by atoms with E-state index in [1.54, 1.807) is 11.3 Å². The summed E-state index contributed by atoms with van der Waals surface area (Å²) in [6, 6.07) is 8.63. The lowest BCUT2D eigenvalue weighted by Gasteiger charge is -2.19. The Bertz CT molecular complexity index is 565. The third-order valence-corrected chi connectivity index (χ3v) is 4.77. The zero-order chi connectivity index (χ0) is 15.2. The number of hydrogen-bond acceptors (Lipinski definition) is 3. The molecule has 2 rings (SSSR count). The van der Waals surface area contributed by atoms with E-state index in [0.717, 1.165) is 30.1 Å². The van der Waals surface area contributed by atoms with Crippen molar-refractivity contribution < 1.29 is 0 Å². The second kappa shape index (κ2) is 7.92. The van der Waals surface area contributed by atoms with Crippen molar-refractivity contribution in [3.8, 4) is 0 Å². The molecule has 114 valence electrons. The molecule has 1 unspecified atom stereocenters. The third-order valence-electron chi connectivity index (χ3n) is 3.41. The first-order valence-electron chi connectivity index (χ1n) is 7.42. The molecule has 2 nitrogen and oxygen atoms in total. The minimum absolute atomic E-state index is 0.497. The van der Waals surface area contributed by atoms with Gasteiger partial charge in [-0.2, -0.15) is 0 Å². The summed E-state index contributed by atoms with van der Waals surface area (Å²) in [7, 11) is 0. The normalized spacial score (nSPS) is 12.8. The molecule has 21 heavy (non-hydrogen) atoms. The molecule has 0 bridgehead atoms. The number of benzene rings is 1. The van der Waals surface area contributed by atoms with E-state index >= 15 is 0 Å². The van der Waals surface area contributed by atoms with Crippen LogP contribution in [-0.2, 0) is 12.8 Å². The Labute approximate surface area is 136 Å². The minimum atomic E-state index is 0.497. The molecule has 0 saturated heterocycles. The third kappa shape index (κ3) is 5.42. The first-order valence-corrected chi connectivity index (χ1v) is 8.68. The molecule has 1 aromatic carbocycles. The van der Waals surface area contributed by atoms with Crippen LogP contribution in [0.4, 0.5) is 0 Å². The largest absolute Gasteiger partial charge is 0.314 e. The zero-order valence-electron chi connectivity index (χ0n) is 12.9. The second-order valence-electron chi connectivity index (χ2n) is 5.81. The number of nitrogens with one attached hydrogen (secondary N) is 1. The summed E-state index contributed by atoms with van der Waals surface area (Å²) in [5.41, 5.74) is 2.34. The topological polar surface area (TPSA) is 24.9 Å². The lowest BCUT2D eigenvalue weighted by molar-refractivity contribution is 0.443. The lowest BCUT2D eigenvalue weighted by atomic mass is 9.96. The van der Waals surface area contributed by atoms with Crippen LogP contribution in [0.5, 0.6) is 0 Å². The fourth-order valence-electron chi connectivity index (χ4n) is 2.34.